The number of para-hydroxylation sites is 2. The lowest BCUT2D eigenvalue weighted by Crippen LogP contribution is -2.31. The maximum absolute atomic E-state index is 13.2. The summed E-state index contributed by atoms with van der Waals surface area (Å²) in [7, 11) is 3.40. The normalized spacial score (nSPS) is 15.9. The van der Waals surface area contributed by atoms with Crippen LogP contribution in [0.3, 0.4) is 0 Å². The highest BCUT2D eigenvalue weighted by Gasteiger charge is 2.34. The monoisotopic (exact) mass is 365 g/mol. The molecule has 4 rings (SSSR count). The van der Waals surface area contributed by atoms with Crippen LogP contribution < -0.4 is 15.4 Å². The van der Waals surface area contributed by atoms with Gasteiger partial charge in [0.2, 0.25) is 5.95 Å². The number of hydrogen-bond acceptors (Lipinski definition) is 6. The van der Waals surface area contributed by atoms with Gasteiger partial charge in [-0.15, -0.1) is 0 Å². The number of rotatable bonds is 4. The molecule has 0 bridgehead atoms. The standard InChI is InChI=1S/C18H19N7O2/c1-11-15(17(26)23-13-6-4-5-7-14(13)27-3)16(12-8-20-24(2)9-12)25-18(22-11)19-10-21-25/h4-10,16H,1-3H3,(H,23,26)(H,19,21,22)/t16-/m1/s1. The Morgan fingerprint density at radius 2 is 2.11 bits per heavy atom. The van der Waals surface area contributed by atoms with E-state index < -0.39 is 6.04 Å². The second-order valence-electron chi connectivity index (χ2n) is 6.20. The Morgan fingerprint density at radius 1 is 1.30 bits per heavy atom. The quantitative estimate of drug-likeness (QED) is 0.733. The number of fused-ring (bicyclic) bond motifs is 1. The number of carbonyl (C=O) groups is 1. The van der Waals surface area contributed by atoms with E-state index in [1.54, 1.807) is 34.8 Å². The van der Waals surface area contributed by atoms with E-state index in [1.807, 2.05) is 32.3 Å². The molecule has 0 unspecified atom stereocenters. The first kappa shape index (κ1) is 16.8. The number of aromatic nitrogens is 5. The summed E-state index contributed by atoms with van der Waals surface area (Å²) in [6.07, 6.45) is 5.05. The highest BCUT2D eigenvalue weighted by molar-refractivity contribution is 6.06. The Labute approximate surface area is 155 Å². The predicted molar refractivity (Wildman–Crippen MR) is 99.3 cm³/mol. The van der Waals surface area contributed by atoms with Gasteiger partial charge in [0.15, 0.2) is 0 Å². The van der Waals surface area contributed by atoms with Crippen LogP contribution in [0.2, 0.25) is 0 Å². The number of carbonyl (C=O) groups excluding carboxylic acids is 1. The molecule has 0 fully saturated rings. The van der Waals surface area contributed by atoms with Crippen LogP contribution in [0.4, 0.5) is 11.6 Å². The molecule has 2 aromatic heterocycles. The number of ether oxygens (including phenoxy) is 1. The van der Waals surface area contributed by atoms with Crippen molar-refractivity contribution in [2.45, 2.75) is 13.0 Å². The molecule has 0 aliphatic carbocycles. The minimum atomic E-state index is -0.438. The van der Waals surface area contributed by atoms with E-state index in [0.717, 1.165) is 5.56 Å². The van der Waals surface area contributed by atoms with Gasteiger partial charge >= 0.3 is 0 Å². The molecular weight excluding hydrogens is 346 g/mol. The number of nitrogens with zero attached hydrogens (tertiary/aromatic N) is 5. The third kappa shape index (κ3) is 2.92. The maximum Gasteiger partial charge on any atom is 0.255 e. The van der Waals surface area contributed by atoms with E-state index in [2.05, 4.69) is 25.8 Å². The number of aryl methyl sites for hydroxylation is 1. The SMILES string of the molecule is COc1ccccc1NC(=O)C1=C(C)Nc2ncnn2[C@@H]1c1cnn(C)c1. The molecule has 0 radical (unpaired) electrons. The fourth-order valence-corrected chi connectivity index (χ4v) is 3.21. The zero-order valence-electron chi connectivity index (χ0n) is 15.2. The molecule has 27 heavy (non-hydrogen) atoms. The minimum absolute atomic E-state index is 0.250. The van der Waals surface area contributed by atoms with Crippen LogP contribution in [-0.4, -0.2) is 37.6 Å². The summed E-state index contributed by atoms with van der Waals surface area (Å²) >= 11 is 0. The van der Waals surface area contributed by atoms with Crippen LogP contribution in [0.5, 0.6) is 5.75 Å². The van der Waals surface area contributed by atoms with Gasteiger partial charge in [-0.3, -0.25) is 9.48 Å². The Balaban J connectivity index is 1.75. The lowest BCUT2D eigenvalue weighted by atomic mass is 9.97. The average molecular weight is 365 g/mol. The smallest absolute Gasteiger partial charge is 0.255 e. The Kier molecular flexibility index (Phi) is 4.11. The number of nitrogens with one attached hydrogen (secondary N) is 2. The van der Waals surface area contributed by atoms with Crippen molar-refractivity contribution >= 4 is 17.5 Å². The second-order valence-corrected chi connectivity index (χ2v) is 6.20. The highest BCUT2D eigenvalue weighted by Crippen LogP contribution is 2.35. The zero-order chi connectivity index (χ0) is 19.0. The molecule has 1 aromatic carbocycles. The topological polar surface area (TPSA) is 98.9 Å². The van der Waals surface area contributed by atoms with E-state index in [-0.39, 0.29) is 5.91 Å². The summed E-state index contributed by atoms with van der Waals surface area (Å²) in [5, 5.41) is 14.6. The maximum atomic E-state index is 13.2. The van der Waals surface area contributed by atoms with E-state index in [4.69, 9.17) is 4.74 Å². The van der Waals surface area contributed by atoms with E-state index in [9.17, 15) is 4.79 Å². The summed E-state index contributed by atoms with van der Waals surface area (Å²) in [5.41, 5.74) is 2.68. The van der Waals surface area contributed by atoms with Gasteiger partial charge in [0.05, 0.1) is 24.6 Å². The van der Waals surface area contributed by atoms with Crippen LogP contribution in [0, 0.1) is 0 Å². The molecule has 9 heteroatoms. The molecule has 1 aliphatic heterocycles. The summed E-state index contributed by atoms with van der Waals surface area (Å²) in [6, 6.07) is 6.84. The van der Waals surface area contributed by atoms with Gasteiger partial charge in [-0.05, 0) is 19.1 Å². The Hall–Kier alpha value is -3.62. The first-order valence-corrected chi connectivity index (χ1v) is 8.38. The summed E-state index contributed by atoms with van der Waals surface area (Å²) in [6.45, 7) is 1.85. The Bertz CT molecular complexity index is 1030. The molecule has 1 atom stereocenters. The van der Waals surface area contributed by atoms with Crippen LogP contribution in [0.15, 0.2) is 54.3 Å². The fourth-order valence-electron chi connectivity index (χ4n) is 3.21. The van der Waals surface area contributed by atoms with Crippen molar-refractivity contribution in [3.05, 3.63) is 59.8 Å². The molecule has 3 heterocycles. The lowest BCUT2D eigenvalue weighted by molar-refractivity contribution is -0.113. The van der Waals surface area contributed by atoms with Crippen LogP contribution in [0.1, 0.15) is 18.5 Å². The number of anilines is 2. The highest BCUT2D eigenvalue weighted by atomic mass is 16.5. The Morgan fingerprint density at radius 3 is 2.85 bits per heavy atom. The molecule has 9 nitrogen and oxygen atoms in total. The molecule has 0 saturated carbocycles. The second kappa shape index (κ2) is 6.60. The van der Waals surface area contributed by atoms with Crippen molar-refractivity contribution in [3.63, 3.8) is 0 Å². The average Bonchev–Trinajstić information content (AvgIpc) is 3.29. The predicted octanol–water partition coefficient (Wildman–Crippen LogP) is 1.95. The van der Waals surface area contributed by atoms with Crippen LogP contribution in [0.25, 0.3) is 0 Å². The van der Waals surface area contributed by atoms with Crippen LogP contribution in [-0.2, 0) is 11.8 Å². The van der Waals surface area contributed by atoms with E-state index in [1.165, 1.54) is 6.33 Å². The number of hydrogen-bond donors (Lipinski definition) is 2. The van der Waals surface area contributed by atoms with Gasteiger partial charge in [0.25, 0.3) is 5.91 Å². The van der Waals surface area contributed by atoms with Gasteiger partial charge in [-0.2, -0.15) is 15.2 Å². The number of allylic oxidation sites excluding steroid dienone is 1. The van der Waals surface area contributed by atoms with Crippen molar-refractivity contribution in [1.29, 1.82) is 0 Å². The number of benzene rings is 1. The third-order valence-electron chi connectivity index (χ3n) is 4.43. The molecule has 3 aromatic rings. The zero-order valence-corrected chi connectivity index (χ0v) is 15.2. The number of amides is 1. The van der Waals surface area contributed by atoms with Crippen molar-refractivity contribution in [2.75, 3.05) is 17.7 Å². The summed E-state index contributed by atoms with van der Waals surface area (Å²) in [4.78, 5) is 17.4. The molecule has 2 N–H and O–H groups in total. The fraction of sp³-hybridized carbons (Fsp3) is 0.222. The molecule has 0 spiro atoms. The lowest BCUT2D eigenvalue weighted by Gasteiger charge is -2.27. The minimum Gasteiger partial charge on any atom is -0.495 e. The largest absolute Gasteiger partial charge is 0.495 e. The molecule has 1 aliphatic rings. The first-order valence-electron chi connectivity index (χ1n) is 8.38. The molecule has 1 amide bonds. The van der Waals surface area contributed by atoms with Gasteiger partial charge in [0, 0.05) is 24.5 Å². The van der Waals surface area contributed by atoms with Crippen molar-refractivity contribution in [2.24, 2.45) is 7.05 Å². The number of methoxy groups -OCH3 is 1. The third-order valence-corrected chi connectivity index (χ3v) is 4.43. The van der Waals surface area contributed by atoms with Gasteiger partial charge < -0.3 is 15.4 Å². The van der Waals surface area contributed by atoms with Crippen molar-refractivity contribution in [3.8, 4) is 5.75 Å². The molecule has 138 valence electrons. The van der Waals surface area contributed by atoms with Crippen molar-refractivity contribution < 1.29 is 9.53 Å². The van der Waals surface area contributed by atoms with E-state index in [0.29, 0.717) is 28.7 Å². The van der Waals surface area contributed by atoms with E-state index >= 15 is 0 Å². The molecular formula is C18H19N7O2. The first-order chi connectivity index (χ1) is 13.1. The van der Waals surface area contributed by atoms with Gasteiger partial charge in [-0.1, -0.05) is 12.1 Å². The van der Waals surface area contributed by atoms with Gasteiger partial charge in [0.1, 0.15) is 18.1 Å². The van der Waals surface area contributed by atoms with Gasteiger partial charge in [-0.25, -0.2) is 4.68 Å². The molecule has 0 saturated heterocycles. The van der Waals surface area contributed by atoms with Crippen LogP contribution >= 0.6 is 0 Å². The summed E-state index contributed by atoms with van der Waals surface area (Å²) in [5.74, 6) is 0.918. The summed E-state index contributed by atoms with van der Waals surface area (Å²) < 4.78 is 8.71. The van der Waals surface area contributed by atoms with Crippen molar-refractivity contribution in [1.82, 2.24) is 24.5 Å².